The van der Waals surface area contributed by atoms with E-state index in [1.165, 1.54) is 4.88 Å². The van der Waals surface area contributed by atoms with Crippen LogP contribution >= 0.6 is 11.3 Å². The number of nitrogens with zero attached hydrogens (tertiary/aromatic N) is 4. The van der Waals surface area contributed by atoms with Crippen molar-refractivity contribution in [1.29, 1.82) is 0 Å². The molecule has 0 radical (unpaired) electrons. The summed E-state index contributed by atoms with van der Waals surface area (Å²) in [6.45, 7) is 5.74. The molecule has 0 spiro atoms. The molecular weight excluding hydrogens is 398 g/mol. The van der Waals surface area contributed by atoms with Gasteiger partial charge in [-0.2, -0.15) is 0 Å². The second-order valence-electron chi connectivity index (χ2n) is 7.93. The van der Waals surface area contributed by atoms with Crippen LogP contribution in [0, 0.1) is 5.92 Å². The highest BCUT2D eigenvalue weighted by Gasteiger charge is 2.29. The summed E-state index contributed by atoms with van der Waals surface area (Å²) in [5.41, 5.74) is 2.29. The Kier molecular flexibility index (Phi) is 6.62. The number of carbonyl (C=O) groups is 2. The Balaban J connectivity index is 1.29. The van der Waals surface area contributed by atoms with Gasteiger partial charge in [-0.15, -0.1) is 11.3 Å². The summed E-state index contributed by atoms with van der Waals surface area (Å²) < 4.78 is 0. The molecule has 0 saturated carbocycles. The Morgan fingerprint density at radius 1 is 1.27 bits per heavy atom. The predicted octanol–water partition coefficient (Wildman–Crippen LogP) is 2.06. The van der Waals surface area contributed by atoms with Gasteiger partial charge in [0.25, 0.3) is 0 Å². The third-order valence-corrected chi connectivity index (χ3v) is 7.12. The monoisotopic (exact) mass is 427 g/mol. The van der Waals surface area contributed by atoms with Crippen LogP contribution in [0.4, 0.5) is 5.13 Å². The summed E-state index contributed by atoms with van der Waals surface area (Å²) in [4.78, 5) is 39.0. The van der Waals surface area contributed by atoms with E-state index in [9.17, 15) is 9.59 Å². The fourth-order valence-electron chi connectivity index (χ4n) is 4.11. The highest BCUT2D eigenvalue weighted by Crippen LogP contribution is 2.34. The zero-order chi connectivity index (χ0) is 20.9. The van der Waals surface area contributed by atoms with E-state index in [-0.39, 0.29) is 17.7 Å². The molecule has 1 aliphatic heterocycles. The number of thiazole rings is 1. The summed E-state index contributed by atoms with van der Waals surface area (Å²) in [6.07, 6.45) is 7.46. The van der Waals surface area contributed by atoms with Crippen molar-refractivity contribution in [2.75, 3.05) is 37.6 Å². The first-order valence-corrected chi connectivity index (χ1v) is 11.6. The first kappa shape index (κ1) is 20.8. The van der Waals surface area contributed by atoms with E-state index in [1.54, 1.807) is 17.5 Å². The van der Waals surface area contributed by atoms with Crippen molar-refractivity contribution in [3.8, 4) is 0 Å². The lowest BCUT2D eigenvalue weighted by molar-refractivity contribution is -0.131. The number of pyridine rings is 1. The van der Waals surface area contributed by atoms with Gasteiger partial charge in [0.2, 0.25) is 11.8 Å². The van der Waals surface area contributed by atoms with E-state index >= 15 is 0 Å². The molecule has 0 aromatic carbocycles. The van der Waals surface area contributed by atoms with Crippen LogP contribution in [0.25, 0.3) is 0 Å². The minimum absolute atomic E-state index is 0.0266. The number of rotatable bonds is 6. The van der Waals surface area contributed by atoms with Crippen LogP contribution in [0.5, 0.6) is 0 Å². The van der Waals surface area contributed by atoms with Gasteiger partial charge in [0.1, 0.15) is 0 Å². The Morgan fingerprint density at radius 3 is 2.83 bits per heavy atom. The highest BCUT2D eigenvalue weighted by molar-refractivity contribution is 7.15. The van der Waals surface area contributed by atoms with Crippen molar-refractivity contribution in [3.05, 3.63) is 40.7 Å². The van der Waals surface area contributed by atoms with Crippen molar-refractivity contribution in [2.45, 2.75) is 39.0 Å². The SMILES string of the molecule is CCC(=O)N1CCN(c2nc3c(s2)CC(C(=O)NCCc2cccnc2)CC3)CC1. The molecule has 1 unspecified atom stereocenters. The van der Waals surface area contributed by atoms with Gasteiger partial charge in [0.15, 0.2) is 5.13 Å². The van der Waals surface area contributed by atoms with Gasteiger partial charge in [-0.3, -0.25) is 14.6 Å². The molecule has 1 aliphatic carbocycles. The van der Waals surface area contributed by atoms with Crippen LogP contribution in [-0.2, 0) is 28.9 Å². The molecule has 7 nitrogen and oxygen atoms in total. The number of hydrogen-bond donors (Lipinski definition) is 1. The van der Waals surface area contributed by atoms with Crippen molar-refractivity contribution < 1.29 is 9.59 Å². The molecule has 2 amide bonds. The van der Waals surface area contributed by atoms with Crippen LogP contribution in [0.3, 0.4) is 0 Å². The lowest BCUT2D eigenvalue weighted by atomic mass is 9.90. The Morgan fingerprint density at radius 2 is 2.10 bits per heavy atom. The summed E-state index contributed by atoms with van der Waals surface area (Å²) in [7, 11) is 0. The van der Waals surface area contributed by atoms with E-state index in [1.807, 2.05) is 30.2 Å². The van der Waals surface area contributed by atoms with Crippen molar-refractivity contribution in [2.24, 2.45) is 5.92 Å². The average Bonchev–Trinajstić information content (AvgIpc) is 3.22. The zero-order valence-electron chi connectivity index (χ0n) is 17.5. The maximum absolute atomic E-state index is 12.6. The third-order valence-electron chi connectivity index (χ3n) is 5.94. The first-order valence-electron chi connectivity index (χ1n) is 10.8. The van der Waals surface area contributed by atoms with E-state index < -0.39 is 0 Å². The lowest BCUT2D eigenvalue weighted by Gasteiger charge is -2.34. The third kappa shape index (κ3) is 4.80. The molecule has 0 bridgehead atoms. The van der Waals surface area contributed by atoms with Crippen molar-refractivity contribution in [3.63, 3.8) is 0 Å². The van der Waals surface area contributed by atoms with Crippen LogP contribution in [0.2, 0.25) is 0 Å². The van der Waals surface area contributed by atoms with Crippen LogP contribution < -0.4 is 10.2 Å². The van der Waals surface area contributed by atoms with Gasteiger partial charge in [-0.1, -0.05) is 13.0 Å². The molecule has 2 aromatic heterocycles. The van der Waals surface area contributed by atoms with Crippen molar-refractivity contribution >= 4 is 28.3 Å². The Bertz CT molecular complexity index is 877. The van der Waals surface area contributed by atoms with Gasteiger partial charge < -0.3 is 15.1 Å². The molecule has 2 aliphatic rings. The van der Waals surface area contributed by atoms with Crippen LogP contribution in [0.1, 0.15) is 35.9 Å². The molecule has 1 saturated heterocycles. The average molecular weight is 428 g/mol. The van der Waals surface area contributed by atoms with Gasteiger partial charge in [0.05, 0.1) is 5.69 Å². The summed E-state index contributed by atoms with van der Waals surface area (Å²) in [5, 5.41) is 4.14. The summed E-state index contributed by atoms with van der Waals surface area (Å²) in [6, 6.07) is 3.95. The van der Waals surface area contributed by atoms with Crippen molar-refractivity contribution in [1.82, 2.24) is 20.2 Å². The number of nitrogens with one attached hydrogen (secondary N) is 1. The van der Waals surface area contributed by atoms with Gasteiger partial charge >= 0.3 is 0 Å². The number of aromatic nitrogens is 2. The number of piperazine rings is 1. The second-order valence-corrected chi connectivity index (χ2v) is 8.99. The molecule has 1 N–H and O–H groups in total. The van der Waals surface area contributed by atoms with Crippen LogP contribution in [-0.4, -0.2) is 59.4 Å². The maximum Gasteiger partial charge on any atom is 0.223 e. The number of aryl methyl sites for hydroxylation is 1. The minimum atomic E-state index is 0.0266. The molecule has 3 heterocycles. The number of hydrogen-bond acceptors (Lipinski definition) is 6. The van der Waals surface area contributed by atoms with Gasteiger partial charge in [-0.25, -0.2) is 4.98 Å². The lowest BCUT2D eigenvalue weighted by Crippen LogP contribution is -2.48. The molecule has 4 rings (SSSR count). The quantitative estimate of drug-likeness (QED) is 0.764. The second kappa shape index (κ2) is 9.55. The fraction of sp³-hybridized carbons (Fsp3) is 0.545. The van der Waals surface area contributed by atoms with E-state index in [0.29, 0.717) is 13.0 Å². The van der Waals surface area contributed by atoms with Gasteiger partial charge in [-0.05, 0) is 37.3 Å². The van der Waals surface area contributed by atoms with E-state index in [4.69, 9.17) is 4.98 Å². The molecule has 2 aromatic rings. The number of fused-ring (bicyclic) bond motifs is 1. The van der Waals surface area contributed by atoms with E-state index in [2.05, 4.69) is 15.2 Å². The molecule has 30 heavy (non-hydrogen) atoms. The maximum atomic E-state index is 12.6. The van der Waals surface area contributed by atoms with E-state index in [0.717, 1.165) is 68.3 Å². The Hall–Kier alpha value is -2.48. The molecule has 1 fully saturated rings. The zero-order valence-corrected chi connectivity index (χ0v) is 18.3. The molecule has 1 atom stereocenters. The fourth-order valence-corrected chi connectivity index (χ4v) is 5.35. The summed E-state index contributed by atoms with van der Waals surface area (Å²) in [5.74, 6) is 0.398. The number of anilines is 1. The topological polar surface area (TPSA) is 78.4 Å². The van der Waals surface area contributed by atoms with Gasteiger partial charge in [0, 0.05) is 62.3 Å². The number of carbonyl (C=O) groups excluding carboxylic acids is 2. The number of amides is 2. The highest BCUT2D eigenvalue weighted by atomic mass is 32.1. The largest absolute Gasteiger partial charge is 0.356 e. The minimum Gasteiger partial charge on any atom is -0.356 e. The predicted molar refractivity (Wildman–Crippen MR) is 118 cm³/mol. The standard InChI is InChI=1S/C22H29N5O2S/c1-2-20(28)26-10-12-27(13-11-26)22-25-18-6-5-17(14-19(18)30-22)21(29)24-9-7-16-4-3-8-23-15-16/h3-4,8,15,17H,2,5-7,9-14H2,1H3,(H,24,29). The summed E-state index contributed by atoms with van der Waals surface area (Å²) >= 11 is 1.72. The Labute approximate surface area is 181 Å². The normalized spacial score (nSPS) is 18.8. The first-order chi connectivity index (χ1) is 14.6. The van der Waals surface area contributed by atoms with Crippen LogP contribution in [0.15, 0.2) is 24.5 Å². The smallest absolute Gasteiger partial charge is 0.223 e. The molecular formula is C22H29N5O2S. The molecule has 160 valence electrons. The molecule has 8 heteroatoms.